The minimum absolute atomic E-state index is 0.565. The third kappa shape index (κ3) is 3.66. The summed E-state index contributed by atoms with van der Waals surface area (Å²) in [6.45, 7) is 7.15. The second-order valence-electron chi connectivity index (χ2n) is 4.87. The number of halogens is 2. The number of nitrogens with one attached hydrogen (secondary N) is 1. The van der Waals surface area contributed by atoms with Crippen molar-refractivity contribution in [3.63, 3.8) is 0 Å². The molecule has 0 amide bonds. The van der Waals surface area contributed by atoms with Gasteiger partial charge in [-0.05, 0) is 38.0 Å². The second kappa shape index (κ2) is 7.10. The van der Waals surface area contributed by atoms with Crippen LogP contribution < -0.4 is 5.32 Å². The Balaban J connectivity index is 2.52. The number of aromatic nitrogens is 2. The van der Waals surface area contributed by atoms with Crippen LogP contribution in [0, 0.1) is 6.92 Å². The molecule has 112 valence electrons. The third-order valence-electron chi connectivity index (χ3n) is 3.30. The Morgan fingerprint density at radius 1 is 1.14 bits per heavy atom. The zero-order valence-corrected chi connectivity index (χ0v) is 14.0. The summed E-state index contributed by atoms with van der Waals surface area (Å²) in [6.07, 6.45) is 1.90. The summed E-state index contributed by atoms with van der Waals surface area (Å²) >= 11 is 12.2. The van der Waals surface area contributed by atoms with Gasteiger partial charge in [0.15, 0.2) is 5.82 Å². The lowest BCUT2D eigenvalue weighted by Gasteiger charge is -2.13. The van der Waals surface area contributed by atoms with Gasteiger partial charge in [-0.25, -0.2) is 9.97 Å². The van der Waals surface area contributed by atoms with Gasteiger partial charge in [0.25, 0.3) is 0 Å². The molecule has 0 radical (unpaired) electrons. The maximum atomic E-state index is 6.27. The van der Waals surface area contributed by atoms with E-state index in [1.54, 1.807) is 12.1 Å². The van der Waals surface area contributed by atoms with Gasteiger partial charge in [0, 0.05) is 28.4 Å². The molecule has 0 aliphatic rings. The second-order valence-corrected chi connectivity index (χ2v) is 5.72. The Hall–Kier alpha value is -1.32. The Bertz CT molecular complexity index is 642. The molecule has 0 saturated heterocycles. The number of anilines is 1. The normalized spacial score (nSPS) is 10.7. The number of benzene rings is 1. The smallest absolute Gasteiger partial charge is 0.163 e. The monoisotopic (exact) mass is 323 g/mol. The van der Waals surface area contributed by atoms with Gasteiger partial charge in [0.05, 0.1) is 5.02 Å². The van der Waals surface area contributed by atoms with Crippen molar-refractivity contribution in [2.75, 3.05) is 11.9 Å². The van der Waals surface area contributed by atoms with Gasteiger partial charge in [0.2, 0.25) is 0 Å². The van der Waals surface area contributed by atoms with Crippen molar-refractivity contribution in [2.24, 2.45) is 0 Å². The van der Waals surface area contributed by atoms with Gasteiger partial charge in [0.1, 0.15) is 5.82 Å². The zero-order valence-electron chi connectivity index (χ0n) is 12.5. The molecule has 2 aromatic rings. The maximum absolute atomic E-state index is 6.27. The maximum Gasteiger partial charge on any atom is 0.163 e. The molecule has 0 aliphatic carbocycles. The lowest BCUT2D eigenvalue weighted by atomic mass is 10.1. The predicted molar refractivity (Wildman–Crippen MR) is 90.4 cm³/mol. The van der Waals surface area contributed by atoms with Crippen LogP contribution in [-0.2, 0) is 6.42 Å². The summed E-state index contributed by atoms with van der Waals surface area (Å²) in [5.41, 5.74) is 2.93. The average Bonchev–Trinajstić information content (AvgIpc) is 2.46. The van der Waals surface area contributed by atoms with Gasteiger partial charge < -0.3 is 5.32 Å². The highest BCUT2D eigenvalue weighted by atomic mass is 35.5. The molecule has 1 aromatic heterocycles. The van der Waals surface area contributed by atoms with Crippen molar-refractivity contribution in [3.8, 4) is 11.4 Å². The average molecular weight is 324 g/mol. The number of hydrogen-bond donors (Lipinski definition) is 1. The van der Waals surface area contributed by atoms with Crippen LogP contribution in [0.25, 0.3) is 11.4 Å². The van der Waals surface area contributed by atoms with E-state index in [0.29, 0.717) is 15.9 Å². The van der Waals surface area contributed by atoms with Crippen molar-refractivity contribution < 1.29 is 0 Å². The number of rotatable bonds is 5. The first-order chi connectivity index (χ1) is 10.1. The molecule has 5 heteroatoms. The number of hydrogen-bond acceptors (Lipinski definition) is 3. The highest BCUT2D eigenvalue weighted by Gasteiger charge is 2.13. The predicted octanol–water partition coefficient (Wildman–Crippen LogP) is 5.14. The first kappa shape index (κ1) is 16.1. The van der Waals surface area contributed by atoms with Crippen LogP contribution in [0.5, 0.6) is 0 Å². The van der Waals surface area contributed by atoms with Crippen molar-refractivity contribution in [3.05, 3.63) is 39.5 Å². The van der Waals surface area contributed by atoms with Crippen LogP contribution in [0.2, 0.25) is 10.0 Å². The van der Waals surface area contributed by atoms with Crippen LogP contribution in [0.3, 0.4) is 0 Å². The van der Waals surface area contributed by atoms with Gasteiger partial charge in [-0.3, -0.25) is 0 Å². The quantitative estimate of drug-likeness (QED) is 0.827. The van der Waals surface area contributed by atoms with Crippen LogP contribution in [0.15, 0.2) is 18.2 Å². The van der Waals surface area contributed by atoms with E-state index < -0.39 is 0 Å². The minimum atomic E-state index is 0.565. The molecule has 0 bridgehead atoms. The molecule has 0 fully saturated rings. The van der Waals surface area contributed by atoms with Crippen LogP contribution in [-0.4, -0.2) is 16.5 Å². The molecule has 0 aliphatic heterocycles. The molecule has 1 heterocycles. The molecule has 1 aromatic carbocycles. The molecule has 0 spiro atoms. The Kier molecular flexibility index (Phi) is 5.43. The fourth-order valence-electron chi connectivity index (χ4n) is 2.11. The topological polar surface area (TPSA) is 37.8 Å². The van der Waals surface area contributed by atoms with Gasteiger partial charge in [-0.1, -0.05) is 37.0 Å². The first-order valence-corrected chi connectivity index (χ1v) is 7.89. The molecule has 0 saturated carbocycles. The van der Waals surface area contributed by atoms with Crippen LogP contribution in [0.1, 0.15) is 31.5 Å². The fraction of sp³-hybridized carbons (Fsp3) is 0.375. The molecule has 1 N–H and O–H groups in total. The van der Waals surface area contributed by atoms with E-state index in [1.807, 2.05) is 13.0 Å². The Morgan fingerprint density at radius 3 is 2.52 bits per heavy atom. The summed E-state index contributed by atoms with van der Waals surface area (Å²) in [7, 11) is 0. The van der Waals surface area contributed by atoms with Crippen molar-refractivity contribution in [2.45, 2.75) is 33.6 Å². The third-order valence-corrected chi connectivity index (χ3v) is 3.84. The van der Waals surface area contributed by atoms with E-state index >= 15 is 0 Å². The van der Waals surface area contributed by atoms with Crippen molar-refractivity contribution in [1.82, 2.24) is 9.97 Å². The van der Waals surface area contributed by atoms with E-state index in [2.05, 4.69) is 29.1 Å². The lowest BCUT2D eigenvalue weighted by molar-refractivity contribution is 0.936. The summed E-state index contributed by atoms with van der Waals surface area (Å²) in [4.78, 5) is 9.27. The molecule has 0 unspecified atom stereocenters. The molecule has 3 nitrogen and oxygen atoms in total. The fourth-order valence-corrected chi connectivity index (χ4v) is 2.61. The standard InChI is InChI=1S/C16H19Cl2N3/c1-4-8-19-15-10(3)14(5-2)20-16(21-15)12-7-6-11(17)9-13(12)18/h6-7,9H,4-5,8H2,1-3H3,(H,19,20,21). The minimum Gasteiger partial charge on any atom is -0.370 e. The highest BCUT2D eigenvalue weighted by Crippen LogP contribution is 2.30. The SMILES string of the molecule is CCCNc1nc(-c2ccc(Cl)cc2Cl)nc(CC)c1C. The van der Waals surface area contributed by atoms with Crippen LogP contribution >= 0.6 is 23.2 Å². The zero-order chi connectivity index (χ0) is 15.4. The van der Waals surface area contributed by atoms with Crippen LogP contribution in [0.4, 0.5) is 5.82 Å². The van der Waals surface area contributed by atoms with E-state index in [9.17, 15) is 0 Å². The van der Waals surface area contributed by atoms with E-state index in [-0.39, 0.29) is 0 Å². The largest absolute Gasteiger partial charge is 0.370 e. The van der Waals surface area contributed by atoms with E-state index in [4.69, 9.17) is 23.2 Å². The van der Waals surface area contributed by atoms with E-state index in [0.717, 1.165) is 42.0 Å². The van der Waals surface area contributed by atoms with Gasteiger partial charge in [-0.2, -0.15) is 0 Å². The molecular formula is C16H19Cl2N3. The van der Waals surface area contributed by atoms with Gasteiger partial charge >= 0.3 is 0 Å². The number of nitrogens with zero attached hydrogens (tertiary/aromatic N) is 2. The summed E-state index contributed by atoms with van der Waals surface area (Å²) in [6, 6.07) is 5.38. The summed E-state index contributed by atoms with van der Waals surface area (Å²) < 4.78 is 0. The molecule has 2 rings (SSSR count). The molecule has 0 atom stereocenters. The summed E-state index contributed by atoms with van der Waals surface area (Å²) in [5, 5.41) is 4.53. The Morgan fingerprint density at radius 2 is 1.90 bits per heavy atom. The summed E-state index contributed by atoms with van der Waals surface area (Å²) in [5.74, 6) is 1.52. The molecule has 21 heavy (non-hydrogen) atoms. The number of aryl methyl sites for hydroxylation is 1. The first-order valence-electron chi connectivity index (χ1n) is 7.13. The highest BCUT2D eigenvalue weighted by molar-refractivity contribution is 6.36. The molecular weight excluding hydrogens is 305 g/mol. The lowest BCUT2D eigenvalue weighted by Crippen LogP contribution is -2.08. The van der Waals surface area contributed by atoms with E-state index in [1.165, 1.54) is 0 Å². The van der Waals surface area contributed by atoms with Crippen molar-refractivity contribution in [1.29, 1.82) is 0 Å². The van der Waals surface area contributed by atoms with Crippen molar-refractivity contribution >= 4 is 29.0 Å². The van der Waals surface area contributed by atoms with Gasteiger partial charge in [-0.15, -0.1) is 0 Å². The Labute approximate surface area is 135 Å².